The molecule has 7 heteroatoms. The molecule has 0 unspecified atom stereocenters. The highest BCUT2D eigenvalue weighted by Gasteiger charge is 2.16. The Kier molecular flexibility index (Phi) is 6.84. The molecule has 0 aliphatic heterocycles. The first-order chi connectivity index (χ1) is 11.9. The van der Waals surface area contributed by atoms with E-state index < -0.39 is 0 Å². The van der Waals surface area contributed by atoms with E-state index in [4.69, 9.17) is 4.98 Å². The van der Waals surface area contributed by atoms with Gasteiger partial charge in [0.1, 0.15) is 10.8 Å². The third-order valence-corrected chi connectivity index (χ3v) is 4.60. The van der Waals surface area contributed by atoms with Gasteiger partial charge in [0.2, 0.25) is 0 Å². The predicted molar refractivity (Wildman–Crippen MR) is 109 cm³/mol. The van der Waals surface area contributed by atoms with Crippen LogP contribution in [0.4, 0.5) is 5.82 Å². The predicted octanol–water partition coefficient (Wildman–Crippen LogP) is 5.42. The molecule has 3 aromatic heterocycles. The summed E-state index contributed by atoms with van der Waals surface area (Å²) < 4.78 is 2.80. The van der Waals surface area contributed by atoms with Crippen LogP contribution in [0.3, 0.4) is 0 Å². The van der Waals surface area contributed by atoms with Crippen molar-refractivity contribution in [3.63, 3.8) is 0 Å². The Balaban J connectivity index is 0.00000109. The molecule has 3 rings (SSSR count). The number of anilines is 1. The van der Waals surface area contributed by atoms with Crippen LogP contribution in [0.2, 0.25) is 0 Å². The van der Waals surface area contributed by atoms with Gasteiger partial charge in [-0.2, -0.15) is 9.61 Å². The molecule has 0 radical (unpaired) electrons. The number of pyridine rings is 1. The van der Waals surface area contributed by atoms with Gasteiger partial charge in [0, 0.05) is 29.8 Å². The second kappa shape index (κ2) is 8.67. The Bertz CT molecular complexity index is 811. The lowest BCUT2D eigenvalue weighted by molar-refractivity contribution is 0.798. The van der Waals surface area contributed by atoms with Crippen molar-refractivity contribution in [3.8, 4) is 0 Å². The van der Waals surface area contributed by atoms with E-state index in [9.17, 15) is 0 Å². The second-order valence-electron chi connectivity index (χ2n) is 6.14. The fourth-order valence-corrected chi connectivity index (χ4v) is 3.38. The summed E-state index contributed by atoms with van der Waals surface area (Å²) in [6.45, 7) is 11.2. The maximum absolute atomic E-state index is 4.70. The maximum atomic E-state index is 4.70. The van der Waals surface area contributed by atoms with Gasteiger partial charge in [0.25, 0.3) is 0 Å². The average Bonchev–Trinajstić information content (AvgIpc) is 2.95. The van der Waals surface area contributed by atoms with E-state index in [1.165, 1.54) is 0 Å². The highest BCUT2D eigenvalue weighted by Crippen LogP contribution is 2.33. The van der Waals surface area contributed by atoms with Gasteiger partial charge >= 0.3 is 0 Å². The summed E-state index contributed by atoms with van der Waals surface area (Å²) in [6.07, 6.45) is 5.40. The number of fused-ring (bicyclic) bond motifs is 1. The van der Waals surface area contributed by atoms with Crippen molar-refractivity contribution in [1.82, 2.24) is 19.6 Å². The maximum Gasteiger partial charge on any atom is 0.172 e. The Labute approximate surface area is 161 Å². The van der Waals surface area contributed by atoms with Crippen LogP contribution in [0, 0.1) is 0 Å². The minimum atomic E-state index is 0.0957. The first-order valence-corrected chi connectivity index (χ1v) is 9.89. The van der Waals surface area contributed by atoms with Gasteiger partial charge in [-0.05, 0) is 27.6 Å². The zero-order chi connectivity index (χ0) is 18.4. The Morgan fingerprint density at radius 1 is 1.24 bits per heavy atom. The van der Waals surface area contributed by atoms with E-state index >= 15 is 0 Å². The lowest BCUT2D eigenvalue weighted by Gasteiger charge is -2.18. The van der Waals surface area contributed by atoms with Crippen LogP contribution in [0.5, 0.6) is 0 Å². The normalized spacial score (nSPS) is 11.1. The fraction of sp³-hybridized carbons (Fsp3) is 0.389. The Morgan fingerprint density at radius 3 is 2.64 bits per heavy atom. The first-order valence-electron chi connectivity index (χ1n) is 8.28. The van der Waals surface area contributed by atoms with Gasteiger partial charge in [-0.3, -0.25) is 4.98 Å². The number of halogens is 1. The van der Waals surface area contributed by atoms with Crippen molar-refractivity contribution < 1.29 is 0 Å². The van der Waals surface area contributed by atoms with Crippen LogP contribution in [-0.2, 0) is 6.54 Å². The largest absolute Gasteiger partial charge is 0.366 e. The van der Waals surface area contributed by atoms with Crippen molar-refractivity contribution in [1.29, 1.82) is 0 Å². The monoisotopic (exact) mass is 421 g/mol. The molecular formula is C18H24BrN5S. The molecule has 134 valence electrons. The summed E-state index contributed by atoms with van der Waals surface area (Å²) in [6, 6.07) is 6.02. The topological polar surface area (TPSA) is 55.1 Å². The van der Waals surface area contributed by atoms with Gasteiger partial charge in [0.05, 0.1) is 10.7 Å². The summed E-state index contributed by atoms with van der Waals surface area (Å²) in [5.41, 5.74) is 1.93. The molecule has 0 saturated heterocycles. The molecule has 0 atom stereocenters. The SMILES string of the molecule is CC.CC(C)(C)Sc1cc(NCc2cccnc2)n2ncc(Br)c2n1. The number of rotatable bonds is 4. The molecule has 0 bridgehead atoms. The van der Waals surface area contributed by atoms with Crippen LogP contribution in [0.15, 0.2) is 46.3 Å². The lowest BCUT2D eigenvalue weighted by Crippen LogP contribution is -2.10. The summed E-state index contributed by atoms with van der Waals surface area (Å²) in [5.74, 6) is 0.913. The van der Waals surface area contributed by atoms with Crippen molar-refractivity contribution in [3.05, 3.63) is 46.8 Å². The number of thioether (sulfide) groups is 1. The quantitative estimate of drug-likeness (QED) is 0.450. The van der Waals surface area contributed by atoms with E-state index in [-0.39, 0.29) is 4.75 Å². The number of nitrogens with zero attached hydrogens (tertiary/aromatic N) is 4. The average molecular weight is 422 g/mol. The summed E-state index contributed by atoms with van der Waals surface area (Å²) in [7, 11) is 0. The molecule has 1 N–H and O–H groups in total. The number of hydrogen-bond donors (Lipinski definition) is 1. The molecule has 3 aromatic rings. The van der Waals surface area contributed by atoms with Crippen LogP contribution in [0.1, 0.15) is 40.2 Å². The molecule has 0 aliphatic carbocycles. The summed E-state index contributed by atoms with van der Waals surface area (Å²) in [4.78, 5) is 8.84. The van der Waals surface area contributed by atoms with Gasteiger partial charge in [-0.15, -0.1) is 11.8 Å². The highest BCUT2D eigenvalue weighted by atomic mass is 79.9. The van der Waals surface area contributed by atoms with Crippen LogP contribution < -0.4 is 5.32 Å². The third-order valence-electron chi connectivity index (χ3n) is 3.01. The van der Waals surface area contributed by atoms with Crippen LogP contribution in [-0.4, -0.2) is 24.3 Å². The molecule has 0 saturated carbocycles. The number of nitrogens with one attached hydrogen (secondary N) is 1. The van der Waals surface area contributed by atoms with Crippen LogP contribution in [0.25, 0.3) is 5.65 Å². The van der Waals surface area contributed by atoms with Crippen molar-refractivity contribution in [2.75, 3.05) is 5.32 Å². The standard InChI is InChI=1S/C16H18BrN5S.C2H6/c1-16(2,3)23-14-7-13(19-9-11-5-4-6-18-8-11)22-15(21-14)12(17)10-20-22;1-2/h4-8,10,19H,9H2,1-3H3;1-2H3. The van der Waals surface area contributed by atoms with Crippen LogP contribution >= 0.6 is 27.7 Å². The first kappa shape index (κ1) is 19.7. The minimum Gasteiger partial charge on any atom is -0.366 e. The van der Waals surface area contributed by atoms with Gasteiger partial charge < -0.3 is 5.32 Å². The van der Waals surface area contributed by atoms with Gasteiger partial charge in [0.15, 0.2) is 5.65 Å². The Hall–Kier alpha value is -1.60. The molecule has 0 aliphatic rings. The zero-order valence-corrected chi connectivity index (χ0v) is 17.6. The van der Waals surface area contributed by atoms with Crippen molar-refractivity contribution in [2.45, 2.75) is 50.9 Å². The highest BCUT2D eigenvalue weighted by molar-refractivity contribution is 9.10. The molecule has 0 spiro atoms. The zero-order valence-electron chi connectivity index (χ0n) is 15.2. The van der Waals surface area contributed by atoms with E-state index in [1.807, 2.05) is 42.8 Å². The lowest BCUT2D eigenvalue weighted by atomic mass is 10.3. The van der Waals surface area contributed by atoms with Crippen molar-refractivity contribution >= 4 is 39.2 Å². The smallest absolute Gasteiger partial charge is 0.172 e. The van der Waals surface area contributed by atoms with E-state index in [2.05, 4.69) is 52.1 Å². The van der Waals surface area contributed by atoms with E-state index in [0.29, 0.717) is 6.54 Å². The molecular weight excluding hydrogens is 398 g/mol. The molecule has 0 amide bonds. The second-order valence-corrected chi connectivity index (χ2v) is 8.84. The number of aromatic nitrogens is 4. The third kappa shape index (κ3) is 5.44. The summed E-state index contributed by atoms with van der Waals surface area (Å²) in [5, 5.41) is 8.79. The molecule has 25 heavy (non-hydrogen) atoms. The van der Waals surface area contributed by atoms with E-state index in [0.717, 1.165) is 26.5 Å². The molecule has 5 nitrogen and oxygen atoms in total. The van der Waals surface area contributed by atoms with Gasteiger partial charge in [-0.25, -0.2) is 4.98 Å². The molecule has 3 heterocycles. The Morgan fingerprint density at radius 2 is 2.00 bits per heavy atom. The fourth-order valence-electron chi connectivity index (χ4n) is 2.10. The molecule has 0 fully saturated rings. The van der Waals surface area contributed by atoms with Gasteiger partial charge in [-0.1, -0.05) is 40.7 Å². The summed E-state index contributed by atoms with van der Waals surface area (Å²) >= 11 is 5.26. The van der Waals surface area contributed by atoms with E-state index in [1.54, 1.807) is 24.2 Å². The number of hydrogen-bond acceptors (Lipinski definition) is 5. The minimum absolute atomic E-state index is 0.0957. The molecule has 0 aromatic carbocycles. The van der Waals surface area contributed by atoms with Crippen molar-refractivity contribution in [2.24, 2.45) is 0 Å².